The van der Waals surface area contributed by atoms with E-state index in [-0.39, 0.29) is 17.9 Å². The van der Waals surface area contributed by atoms with Crippen molar-refractivity contribution in [2.75, 3.05) is 26.2 Å². The Morgan fingerprint density at radius 1 is 1.35 bits per heavy atom. The Kier molecular flexibility index (Phi) is 6.60. The fraction of sp³-hybridized carbons (Fsp3) is 0.632. The fourth-order valence-electron chi connectivity index (χ4n) is 3.19. The lowest BCUT2D eigenvalue weighted by atomic mass is 10.0. The lowest BCUT2D eigenvalue weighted by Crippen LogP contribution is -2.45. The van der Waals surface area contributed by atoms with Crippen molar-refractivity contribution < 1.29 is 4.79 Å². The number of nitrogens with two attached hydrogens (primary N) is 1. The Balaban J connectivity index is 1.85. The van der Waals surface area contributed by atoms with Gasteiger partial charge < -0.3 is 10.6 Å². The minimum Gasteiger partial charge on any atom is -0.341 e. The van der Waals surface area contributed by atoms with Crippen LogP contribution in [0, 0.1) is 11.8 Å². The van der Waals surface area contributed by atoms with Gasteiger partial charge in [-0.3, -0.25) is 9.69 Å². The molecule has 4 heteroatoms. The van der Waals surface area contributed by atoms with Crippen LogP contribution in [-0.4, -0.2) is 47.9 Å². The van der Waals surface area contributed by atoms with Crippen molar-refractivity contribution in [3.05, 3.63) is 35.9 Å². The Labute approximate surface area is 140 Å². The van der Waals surface area contributed by atoms with Crippen molar-refractivity contribution in [3.63, 3.8) is 0 Å². The predicted molar refractivity (Wildman–Crippen MR) is 94.9 cm³/mol. The molecule has 0 aromatic heterocycles. The van der Waals surface area contributed by atoms with Gasteiger partial charge in [-0.05, 0) is 30.4 Å². The second kappa shape index (κ2) is 8.46. The van der Waals surface area contributed by atoms with Crippen LogP contribution in [0.2, 0.25) is 0 Å². The molecule has 1 fully saturated rings. The number of carbonyl (C=O) groups excluding carboxylic acids is 1. The monoisotopic (exact) mass is 317 g/mol. The summed E-state index contributed by atoms with van der Waals surface area (Å²) >= 11 is 0. The summed E-state index contributed by atoms with van der Waals surface area (Å²) in [5, 5.41) is 0. The Hall–Kier alpha value is -1.39. The van der Waals surface area contributed by atoms with Gasteiger partial charge in [0, 0.05) is 26.2 Å². The van der Waals surface area contributed by atoms with Crippen LogP contribution in [0.15, 0.2) is 30.3 Å². The number of hydrogen-bond donors (Lipinski definition) is 1. The van der Waals surface area contributed by atoms with Gasteiger partial charge in [-0.15, -0.1) is 0 Å². The van der Waals surface area contributed by atoms with Crippen molar-refractivity contribution in [1.29, 1.82) is 0 Å². The SMILES string of the molecule is CCN(Cc1ccccc1)C[C@H]1CCN(C(=O)[C@@H](N)C(C)C)C1. The van der Waals surface area contributed by atoms with Crippen LogP contribution in [0.5, 0.6) is 0 Å². The van der Waals surface area contributed by atoms with Gasteiger partial charge in [0.2, 0.25) is 5.91 Å². The molecule has 0 radical (unpaired) electrons. The highest BCUT2D eigenvalue weighted by Crippen LogP contribution is 2.20. The van der Waals surface area contributed by atoms with Crippen molar-refractivity contribution >= 4 is 5.91 Å². The Morgan fingerprint density at radius 3 is 2.65 bits per heavy atom. The molecule has 2 N–H and O–H groups in total. The molecule has 1 amide bonds. The van der Waals surface area contributed by atoms with Gasteiger partial charge in [-0.25, -0.2) is 0 Å². The first kappa shape index (κ1) is 18.0. The van der Waals surface area contributed by atoms with Gasteiger partial charge in [0.1, 0.15) is 0 Å². The first-order chi connectivity index (χ1) is 11.0. The first-order valence-corrected chi connectivity index (χ1v) is 8.82. The van der Waals surface area contributed by atoms with Gasteiger partial charge >= 0.3 is 0 Å². The van der Waals surface area contributed by atoms with E-state index in [0.29, 0.717) is 5.92 Å². The molecule has 23 heavy (non-hydrogen) atoms. The van der Waals surface area contributed by atoms with Crippen LogP contribution in [0.25, 0.3) is 0 Å². The highest BCUT2D eigenvalue weighted by molar-refractivity contribution is 5.82. The molecule has 1 saturated heterocycles. The number of amides is 1. The predicted octanol–water partition coefficient (Wildman–Crippen LogP) is 2.34. The minimum absolute atomic E-state index is 0.119. The Bertz CT molecular complexity index is 489. The zero-order chi connectivity index (χ0) is 16.8. The molecule has 0 unspecified atom stereocenters. The molecule has 1 aromatic carbocycles. The number of nitrogens with zero attached hydrogens (tertiary/aromatic N) is 2. The van der Waals surface area contributed by atoms with E-state index in [1.165, 1.54) is 5.56 Å². The third-order valence-electron chi connectivity index (χ3n) is 4.81. The van der Waals surface area contributed by atoms with E-state index in [1.54, 1.807) is 0 Å². The summed E-state index contributed by atoms with van der Waals surface area (Å²) in [7, 11) is 0. The summed E-state index contributed by atoms with van der Waals surface area (Å²) < 4.78 is 0. The summed E-state index contributed by atoms with van der Waals surface area (Å²) in [6.45, 7) is 11.0. The maximum absolute atomic E-state index is 12.4. The Morgan fingerprint density at radius 2 is 2.04 bits per heavy atom. The molecule has 4 nitrogen and oxygen atoms in total. The summed E-state index contributed by atoms with van der Waals surface area (Å²) in [5.41, 5.74) is 7.36. The normalized spacial score (nSPS) is 19.6. The van der Waals surface area contributed by atoms with Gasteiger partial charge in [-0.1, -0.05) is 51.1 Å². The van der Waals surface area contributed by atoms with Crippen LogP contribution < -0.4 is 5.73 Å². The summed E-state index contributed by atoms with van der Waals surface area (Å²) in [4.78, 5) is 16.8. The molecular formula is C19H31N3O. The van der Waals surface area contributed by atoms with Crippen LogP contribution in [0.1, 0.15) is 32.8 Å². The van der Waals surface area contributed by atoms with Gasteiger partial charge in [0.25, 0.3) is 0 Å². The topological polar surface area (TPSA) is 49.6 Å². The van der Waals surface area contributed by atoms with Crippen molar-refractivity contribution in [1.82, 2.24) is 9.80 Å². The minimum atomic E-state index is -0.361. The second-order valence-electron chi connectivity index (χ2n) is 7.02. The maximum Gasteiger partial charge on any atom is 0.239 e. The molecule has 1 aliphatic rings. The van der Waals surface area contributed by atoms with Crippen LogP contribution >= 0.6 is 0 Å². The van der Waals surface area contributed by atoms with Crippen molar-refractivity contribution in [3.8, 4) is 0 Å². The number of carbonyl (C=O) groups is 1. The van der Waals surface area contributed by atoms with Crippen molar-refractivity contribution in [2.45, 2.75) is 39.8 Å². The highest BCUT2D eigenvalue weighted by atomic mass is 16.2. The second-order valence-corrected chi connectivity index (χ2v) is 7.02. The van der Waals surface area contributed by atoms with Crippen LogP contribution in [-0.2, 0) is 11.3 Å². The molecule has 1 aromatic rings. The van der Waals surface area contributed by atoms with E-state index in [1.807, 2.05) is 18.7 Å². The standard InChI is InChI=1S/C19H31N3O/c1-4-21(12-16-8-6-5-7-9-16)13-17-10-11-22(14-17)19(23)18(20)15(2)3/h5-9,15,17-18H,4,10-14,20H2,1-3H3/t17-,18+/m1/s1. The molecule has 128 valence electrons. The third-order valence-corrected chi connectivity index (χ3v) is 4.81. The molecule has 0 bridgehead atoms. The van der Waals surface area contributed by atoms with E-state index in [2.05, 4.69) is 42.2 Å². The molecule has 1 aliphatic heterocycles. The van der Waals surface area contributed by atoms with Crippen LogP contribution in [0.4, 0.5) is 0 Å². The van der Waals surface area contributed by atoms with Gasteiger partial charge in [0.05, 0.1) is 6.04 Å². The zero-order valence-electron chi connectivity index (χ0n) is 14.7. The van der Waals surface area contributed by atoms with E-state index < -0.39 is 0 Å². The van der Waals surface area contributed by atoms with E-state index in [9.17, 15) is 4.79 Å². The van der Waals surface area contributed by atoms with Gasteiger partial charge in [0.15, 0.2) is 0 Å². The van der Waals surface area contributed by atoms with E-state index in [4.69, 9.17) is 5.73 Å². The summed E-state index contributed by atoms with van der Waals surface area (Å²) in [5.74, 6) is 0.877. The highest BCUT2D eigenvalue weighted by Gasteiger charge is 2.31. The third kappa shape index (κ3) is 5.05. The number of rotatable bonds is 7. The smallest absolute Gasteiger partial charge is 0.239 e. The number of benzene rings is 1. The fourth-order valence-corrected chi connectivity index (χ4v) is 3.19. The number of likely N-dealkylation sites (tertiary alicyclic amines) is 1. The van der Waals surface area contributed by atoms with E-state index in [0.717, 1.165) is 39.1 Å². The van der Waals surface area contributed by atoms with E-state index >= 15 is 0 Å². The summed E-state index contributed by atoms with van der Waals surface area (Å²) in [6, 6.07) is 10.2. The average molecular weight is 317 g/mol. The van der Waals surface area contributed by atoms with Gasteiger partial charge in [-0.2, -0.15) is 0 Å². The molecule has 1 heterocycles. The molecule has 2 atom stereocenters. The first-order valence-electron chi connectivity index (χ1n) is 8.82. The largest absolute Gasteiger partial charge is 0.341 e. The average Bonchev–Trinajstić information content (AvgIpc) is 3.02. The lowest BCUT2D eigenvalue weighted by molar-refractivity contribution is -0.132. The lowest BCUT2D eigenvalue weighted by Gasteiger charge is -2.26. The quantitative estimate of drug-likeness (QED) is 0.840. The molecule has 2 rings (SSSR count). The molecule has 0 saturated carbocycles. The van der Waals surface area contributed by atoms with Crippen LogP contribution in [0.3, 0.4) is 0 Å². The molecular weight excluding hydrogens is 286 g/mol. The summed E-state index contributed by atoms with van der Waals surface area (Å²) in [6.07, 6.45) is 1.09. The zero-order valence-corrected chi connectivity index (χ0v) is 14.7. The van der Waals surface area contributed by atoms with Crippen molar-refractivity contribution in [2.24, 2.45) is 17.6 Å². The number of hydrogen-bond acceptors (Lipinski definition) is 3. The maximum atomic E-state index is 12.4. The molecule has 0 aliphatic carbocycles. The molecule has 0 spiro atoms.